The molecule has 1 fully saturated rings. The van der Waals surface area contributed by atoms with Crippen molar-refractivity contribution in [3.8, 4) is 0 Å². The van der Waals surface area contributed by atoms with Crippen molar-refractivity contribution in [2.24, 2.45) is 5.92 Å². The summed E-state index contributed by atoms with van der Waals surface area (Å²) in [5, 5.41) is 28.4. The minimum Gasteiger partial charge on any atom is -0.483 e. The molecular formula is C12H21N5O4S. The van der Waals surface area contributed by atoms with Crippen molar-refractivity contribution in [2.45, 2.75) is 18.9 Å². The molecule has 1 aromatic heterocycles. The van der Waals surface area contributed by atoms with Gasteiger partial charge in [-0.3, -0.25) is 9.59 Å². The van der Waals surface area contributed by atoms with E-state index in [0.29, 0.717) is 31.1 Å². The van der Waals surface area contributed by atoms with Gasteiger partial charge in [0.1, 0.15) is 5.01 Å². The van der Waals surface area contributed by atoms with Crippen molar-refractivity contribution in [1.82, 2.24) is 20.4 Å². The van der Waals surface area contributed by atoms with Gasteiger partial charge in [-0.25, -0.2) is 0 Å². The lowest BCUT2D eigenvalue weighted by atomic mass is 9.94. The molecule has 0 bridgehead atoms. The summed E-state index contributed by atoms with van der Waals surface area (Å²) in [5.41, 5.74) is 5.48. The third-order valence-electron chi connectivity index (χ3n) is 3.24. The number of hydrogen-bond acceptors (Lipinski definition) is 8. The second-order valence-electron chi connectivity index (χ2n) is 4.91. The SMILES string of the molecule is CN1CC[C@@H](O)[C@H](C(=O)NCCc2nnc(N)s2)C1.O=CO. The van der Waals surface area contributed by atoms with E-state index in [4.69, 9.17) is 15.6 Å². The van der Waals surface area contributed by atoms with Crippen LogP contribution in [0.2, 0.25) is 0 Å². The first-order chi connectivity index (χ1) is 10.5. The number of anilines is 1. The predicted molar refractivity (Wildman–Crippen MR) is 81.3 cm³/mol. The van der Waals surface area contributed by atoms with E-state index in [9.17, 15) is 9.90 Å². The average molecular weight is 331 g/mol. The molecule has 10 heteroatoms. The lowest BCUT2D eigenvalue weighted by Gasteiger charge is -2.32. The highest BCUT2D eigenvalue weighted by Crippen LogP contribution is 2.16. The van der Waals surface area contributed by atoms with Gasteiger partial charge in [0.05, 0.1) is 12.0 Å². The van der Waals surface area contributed by atoms with Gasteiger partial charge < -0.3 is 26.2 Å². The summed E-state index contributed by atoms with van der Waals surface area (Å²) in [7, 11) is 1.95. The molecule has 5 N–H and O–H groups in total. The number of nitrogens with two attached hydrogens (primary N) is 1. The topological polar surface area (TPSA) is 142 Å². The van der Waals surface area contributed by atoms with Crippen molar-refractivity contribution in [2.75, 3.05) is 32.4 Å². The highest BCUT2D eigenvalue weighted by Gasteiger charge is 2.31. The summed E-state index contributed by atoms with van der Waals surface area (Å²) in [5.74, 6) is -0.449. The van der Waals surface area contributed by atoms with E-state index in [0.717, 1.165) is 11.6 Å². The smallest absolute Gasteiger partial charge is 0.290 e. The van der Waals surface area contributed by atoms with Gasteiger partial charge in [-0.1, -0.05) is 11.3 Å². The Morgan fingerprint density at radius 1 is 1.59 bits per heavy atom. The summed E-state index contributed by atoms with van der Waals surface area (Å²) in [6.45, 7) is 1.66. The molecule has 0 spiro atoms. The Kier molecular flexibility index (Phi) is 7.71. The maximum absolute atomic E-state index is 12.0. The third kappa shape index (κ3) is 5.92. The normalized spacial score (nSPS) is 21.5. The molecule has 22 heavy (non-hydrogen) atoms. The molecule has 1 amide bonds. The minimum atomic E-state index is -0.548. The van der Waals surface area contributed by atoms with E-state index < -0.39 is 6.10 Å². The monoisotopic (exact) mass is 331 g/mol. The maximum atomic E-state index is 12.0. The molecule has 0 radical (unpaired) electrons. The zero-order valence-electron chi connectivity index (χ0n) is 12.3. The van der Waals surface area contributed by atoms with Crippen LogP contribution in [0, 0.1) is 5.92 Å². The van der Waals surface area contributed by atoms with E-state index >= 15 is 0 Å². The molecule has 9 nitrogen and oxygen atoms in total. The molecular weight excluding hydrogens is 310 g/mol. The number of nitrogens with one attached hydrogen (secondary N) is 1. The predicted octanol–water partition coefficient (Wildman–Crippen LogP) is -1.21. The number of piperidine rings is 1. The van der Waals surface area contributed by atoms with Crippen LogP contribution >= 0.6 is 11.3 Å². The number of nitrogen functional groups attached to an aromatic ring is 1. The molecule has 2 rings (SSSR count). The number of carboxylic acid groups (broad SMARTS) is 1. The lowest BCUT2D eigenvalue weighted by molar-refractivity contribution is -0.131. The minimum absolute atomic E-state index is 0.100. The standard InChI is InChI=1S/C11H19N5O2S.CH2O2/c1-16-5-3-8(17)7(6-16)10(18)13-4-2-9-14-15-11(12)19-9;2-1-3/h7-8,17H,2-6H2,1H3,(H2,12,15)(H,13,18);1H,(H,2,3)/t7-,8-;/m1./s1. The van der Waals surface area contributed by atoms with Gasteiger partial charge in [0.25, 0.3) is 6.47 Å². The fourth-order valence-corrected chi connectivity index (χ4v) is 2.76. The number of hydrogen-bond donors (Lipinski definition) is 4. The fourth-order valence-electron chi connectivity index (χ4n) is 2.15. The molecule has 1 aliphatic rings. The maximum Gasteiger partial charge on any atom is 0.290 e. The number of aliphatic hydroxyl groups excluding tert-OH is 1. The molecule has 0 unspecified atom stereocenters. The van der Waals surface area contributed by atoms with Crippen molar-refractivity contribution < 1.29 is 19.8 Å². The first-order valence-electron chi connectivity index (χ1n) is 6.78. The van der Waals surface area contributed by atoms with Crippen molar-refractivity contribution in [3.63, 3.8) is 0 Å². The highest BCUT2D eigenvalue weighted by molar-refractivity contribution is 7.15. The fraction of sp³-hybridized carbons (Fsp3) is 0.667. The van der Waals surface area contributed by atoms with Crippen molar-refractivity contribution in [1.29, 1.82) is 0 Å². The first kappa shape index (κ1) is 18.3. The molecule has 0 saturated carbocycles. The number of amides is 1. The number of carbonyl (C=O) groups excluding carboxylic acids is 1. The number of likely N-dealkylation sites (tertiary alicyclic amines) is 1. The number of carbonyl (C=O) groups is 2. The Balaban J connectivity index is 0.000000745. The summed E-state index contributed by atoms with van der Waals surface area (Å²) >= 11 is 1.32. The molecule has 1 aliphatic heterocycles. The quantitative estimate of drug-likeness (QED) is 0.504. The van der Waals surface area contributed by atoms with Gasteiger partial charge >= 0.3 is 0 Å². The van der Waals surface area contributed by atoms with Crippen molar-refractivity contribution >= 4 is 28.8 Å². The van der Waals surface area contributed by atoms with Crippen LogP contribution in [0.3, 0.4) is 0 Å². The van der Waals surface area contributed by atoms with Crippen LogP contribution in [0.15, 0.2) is 0 Å². The number of rotatable bonds is 4. The molecule has 0 aliphatic carbocycles. The largest absolute Gasteiger partial charge is 0.483 e. The lowest BCUT2D eigenvalue weighted by Crippen LogP contribution is -2.49. The Morgan fingerprint density at radius 3 is 2.86 bits per heavy atom. The van der Waals surface area contributed by atoms with Crippen molar-refractivity contribution in [3.05, 3.63) is 5.01 Å². The second kappa shape index (κ2) is 9.28. The Bertz CT molecular complexity index is 484. The summed E-state index contributed by atoms with van der Waals surface area (Å²) in [4.78, 5) is 22.4. The molecule has 124 valence electrons. The molecule has 1 aromatic rings. The van der Waals surface area contributed by atoms with E-state index in [1.807, 2.05) is 7.05 Å². The molecule has 2 atom stereocenters. The zero-order valence-corrected chi connectivity index (χ0v) is 13.1. The van der Waals surface area contributed by atoms with Crippen LogP contribution in [0.5, 0.6) is 0 Å². The second-order valence-corrected chi connectivity index (χ2v) is 6.00. The third-order valence-corrected chi connectivity index (χ3v) is 4.05. The van der Waals surface area contributed by atoms with Crippen LogP contribution in [0.4, 0.5) is 5.13 Å². The van der Waals surface area contributed by atoms with Gasteiger partial charge in [0.2, 0.25) is 11.0 Å². The summed E-state index contributed by atoms with van der Waals surface area (Å²) in [6, 6.07) is 0. The van der Waals surface area contributed by atoms with E-state index in [-0.39, 0.29) is 18.3 Å². The van der Waals surface area contributed by atoms with Gasteiger partial charge in [0.15, 0.2) is 0 Å². The number of nitrogens with zero attached hydrogens (tertiary/aromatic N) is 3. The van der Waals surface area contributed by atoms with E-state index in [1.165, 1.54) is 11.3 Å². The molecule has 1 saturated heterocycles. The zero-order chi connectivity index (χ0) is 16.5. The van der Waals surface area contributed by atoms with Gasteiger partial charge in [0, 0.05) is 26.1 Å². The Labute approximate surface area is 132 Å². The highest BCUT2D eigenvalue weighted by atomic mass is 32.1. The van der Waals surface area contributed by atoms with Crippen LogP contribution in [-0.4, -0.2) is 70.5 Å². The van der Waals surface area contributed by atoms with Gasteiger partial charge in [-0.2, -0.15) is 0 Å². The van der Waals surface area contributed by atoms with Crippen LogP contribution in [0.25, 0.3) is 0 Å². The van der Waals surface area contributed by atoms with E-state index in [1.54, 1.807) is 0 Å². The first-order valence-corrected chi connectivity index (χ1v) is 7.59. The van der Waals surface area contributed by atoms with Crippen LogP contribution in [-0.2, 0) is 16.0 Å². The number of aliphatic hydroxyl groups is 1. The van der Waals surface area contributed by atoms with Crippen LogP contribution in [0.1, 0.15) is 11.4 Å². The van der Waals surface area contributed by atoms with Crippen LogP contribution < -0.4 is 11.1 Å². The summed E-state index contributed by atoms with van der Waals surface area (Å²) in [6.07, 6.45) is 0.703. The Hall–Kier alpha value is -1.78. The van der Waals surface area contributed by atoms with Gasteiger partial charge in [-0.15, -0.1) is 10.2 Å². The molecule has 2 heterocycles. The molecule has 0 aromatic carbocycles. The van der Waals surface area contributed by atoms with Gasteiger partial charge in [-0.05, 0) is 13.5 Å². The average Bonchev–Trinajstić information content (AvgIpc) is 2.88. The number of aromatic nitrogens is 2. The van der Waals surface area contributed by atoms with E-state index in [2.05, 4.69) is 20.4 Å². The Morgan fingerprint density at radius 2 is 2.27 bits per heavy atom. The summed E-state index contributed by atoms with van der Waals surface area (Å²) < 4.78 is 0.